The van der Waals surface area contributed by atoms with Crippen molar-refractivity contribution in [3.05, 3.63) is 27.7 Å². The van der Waals surface area contributed by atoms with E-state index in [-0.39, 0.29) is 12.0 Å². The Bertz CT molecular complexity index is 424. The molecule has 0 fully saturated rings. The van der Waals surface area contributed by atoms with Gasteiger partial charge in [0.1, 0.15) is 6.07 Å². The van der Waals surface area contributed by atoms with Crippen LogP contribution in [0.1, 0.15) is 11.1 Å². The summed E-state index contributed by atoms with van der Waals surface area (Å²) < 4.78 is 0.561. The van der Waals surface area contributed by atoms with Gasteiger partial charge >= 0.3 is 5.97 Å². The molecule has 0 saturated heterocycles. The van der Waals surface area contributed by atoms with E-state index in [4.69, 9.17) is 16.1 Å². The summed E-state index contributed by atoms with van der Waals surface area (Å²) in [6.07, 6.45) is -0.242. The van der Waals surface area contributed by atoms with Crippen molar-refractivity contribution in [2.75, 3.05) is 5.73 Å². The number of rotatable bonds is 2. The summed E-state index contributed by atoms with van der Waals surface area (Å²) in [5.74, 6) is -1.01. The fourth-order valence-electron chi connectivity index (χ4n) is 1.10. The number of nitrogen functional groups attached to an aromatic ring is 1. The van der Waals surface area contributed by atoms with Crippen LogP contribution in [-0.4, -0.2) is 11.1 Å². The molecule has 0 atom stereocenters. The van der Waals surface area contributed by atoms with E-state index in [0.29, 0.717) is 15.7 Å². The van der Waals surface area contributed by atoms with Crippen molar-refractivity contribution in [2.24, 2.45) is 0 Å². The Labute approximate surface area is 89.1 Å². The van der Waals surface area contributed by atoms with Gasteiger partial charge in [-0.15, -0.1) is 0 Å². The van der Waals surface area contributed by atoms with E-state index in [1.165, 1.54) is 0 Å². The second-order valence-corrected chi connectivity index (χ2v) is 3.53. The highest BCUT2D eigenvalue weighted by atomic mass is 79.9. The zero-order valence-corrected chi connectivity index (χ0v) is 8.71. The van der Waals surface area contributed by atoms with Gasteiger partial charge in [0.05, 0.1) is 12.0 Å². The van der Waals surface area contributed by atoms with Crippen molar-refractivity contribution in [1.29, 1.82) is 5.26 Å². The van der Waals surface area contributed by atoms with Crippen molar-refractivity contribution >= 4 is 27.6 Å². The summed E-state index contributed by atoms with van der Waals surface area (Å²) in [6, 6.07) is 5.12. The summed E-state index contributed by atoms with van der Waals surface area (Å²) in [5.41, 5.74) is 6.55. The number of carboxylic acids is 1. The highest BCUT2D eigenvalue weighted by Gasteiger charge is 2.12. The fraction of sp³-hybridized carbons (Fsp3) is 0.111. The number of carboxylic acid groups (broad SMARTS) is 1. The number of hydrogen-bond donors (Lipinski definition) is 2. The average molecular weight is 255 g/mol. The Morgan fingerprint density at radius 1 is 1.64 bits per heavy atom. The Morgan fingerprint density at radius 2 is 2.29 bits per heavy atom. The molecule has 14 heavy (non-hydrogen) atoms. The first-order chi connectivity index (χ1) is 6.56. The van der Waals surface area contributed by atoms with Gasteiger partial charge in [0.25, 0.3) is 0 Å². The average Bonchev–Trinajstić information content (AvgIpc) is 2.11. The largest absolute Gasteiger partial charge is 0.481 e. The highest BCUT2D eigenvalue weighted by Crippen LogP contribution is 2.25. The van der Waals surface area contributed by atoms with Gasteiger partial charge in [0.2, 0.25) is 0 Å². The lowest BCUT2D eigenvalue weighted by Gasteiger charge is -2.06. The van der Waals surface area contributed by atoms with E-state index in [2.05, 4.69) is 15.9 Å². The number of nitrogens with zero attached hydrogens (tertiary/aromatic N) is 1. The molecule has 72 valence electrons. The summed E-state index contributed by atoms with van der Waals surface area (Å²) >= 11 is 3.16. The summed E-state index contributed by atoms with van der Waals surface area (Å²) in [4.78, 5) is 10.5. The SMILES string of the molecule is N#Cc1c(Br)ccc(N)c1CC(=O)O. The zero-order valence-electron chi connectivity index (χ0n) is 7.12. The monoisotopic (exact) mass is 254 g/mol. The predicted octanol–water partition coefficient (Wildman–Crippen LogP) is 1.53. The van der Waals surface area contributed by atoms with Crippen LogP contribution in [0.3, 0.4) is 0 Å². The lowest BCUT2D eigenvalue weighted by atomic mass is 10.0. The maximum absolute atomic E-state index is 10.5. The molecule has 0 aliphatic rings. The van der Waals surface area contributed by atoms with Crippen molar-refractivity contribution in [3.8, 4) is 6.07 Å². The molecule has 0 radical (unpaired) electrons. The number of benzene rings is 1. The Kier molecular flexibility index (Phi) is 3.10. The number of carbonyl (C=O) groups is 1. The van der Waals surface area contributed by atoms with Gasteiger partial charge in [-0.2, -0.15) is 5.26 Å². The van der Waals surface area contributed by atoms with Crippen molar-refractivity contribution in [2.45, 2.75) is 6.42 Å². The molecule has 0 unspecified atom stereocenters. The number of hydrogen-bond acceptors (Lipinski definition) is 3. The van der Waals surface area contributed by atoms with Gasteiger partial charge < -0.3 is 10.8 Å². The highest BCUT2D eigenvalue weighted by molar-refractivity contribution is 9.10. The van der Waals surface area contributed by atoms with E-state index in [9.17, 15) is 4.79 Å². The first-order valence-corrected chi connectivity index (χ1v) is 4.54. The molecular weight excluding hydrogens is 248 g/mol. The summed E-state index contributed by atoms with van der Waals surface area (Å²) in [7, 11) is 0. The van der Waals surface area contributed by atoms with Gasteiger partial charge in [-0.1, -0.05) is 0 Å². The molecule has 0 spiro atoms. The zero-order chi connectivity index (χ0) is 10.7. The van der Waals surface area contributed by atoms with E-state index in [1.807, 2.05) is 6.07 Å². The maximum atomic E-state index is 10.5. The molecule has 0 aromatic heterocycles. The van der Waals surface area contributed by atoms with Gasteiger partial charge in [0.15, 0.2) is 0 Å². The second-order valence-electron chi connectivity index (χ2n) is 2.67. The summed E-state index contributed by atoms with van der Waals surface area (Å²) in [5, 5.41) is 17.4. The lowest BCUT2D eigenvalue weighted by Crippen LogP contribution is -2.06. The normalized spacial score (nSPS) is 9.43. The molecular formula is C9H7BrN2O2. The molecule has 1 aromatic rings. The number of nitrogens with two attached hydrogens (primary N) is 1. The number of aliphatic carboxylic acids is 1. The first-order valence-electron chi connectivity index (χ1n) is 3.75. The van der Waals surface area contributed by atoms with Crippen molar-refractivity contribution in [3.63, 3.8) is 0 Å². The van der Waals surface area contributed by atoms with E-state index in [1.54, 1.807) is 12.1 Å². The Morgan fingerprint density at radius 3 is 2.79 bits per heavy atom. The quantitative estimate of drug-likeness (QED) is 0.784. The molecule has 0 aliphatic carbocycles. The van der Waals surface area contributed by atoms with Crippen LogP contribution >= 0.6 is 15.9 Å². The third-order valence-electron chi connectivity index (χ3n) is 1.74. The maximum Gasteiger partial charge on any atom is 0.307 e. The lowest BCUT2D eigenvalue weighted by molar-refractivity contribution is -0.136. The van der Waals surface area contributed by atoms with Crippen molar-refractivity contribution < 1.29 is 9.90 Å². The minimum Gasteiger partial charge on any atom is -0.481 e. The molecule has 0 bridgehead atoms. The van der Waals surface area contributed by atoms with Crippen LogP contribution in [0.15, 0.2) is 16.6 Å². The first kappa shape index (κ1) is 10.5. The number of anilines is 1. The van der Waals surface area contributed by atoms with E-state index < -0.39 is 5.97 Å². The Hall–Kier alpha value is -1.54. The predicted molar refractivity (Wildman–Crippen MR) is 54.6 cm³/mol. The third kappa shape index (κ3) is 2.03. The van der Waals surface area contributed by atoms with Gasteiger partial charge in [0, 0.05) is 15.7 Å². The van der Waals surface area contributed by atoms with Crippen LogP contribution in [0.2, 0.25) is 0 Å². The molecule has 4 nitrogen and oxygen atoms in total. The van der Waals surface area contributed by atoms with Crippen LogP contribution in [0.4, 0.5) is 5.69 Å². The van der Waals surface area contributed by atoms with Gasteiger partial charge in [-0.05, 0) is 28.1 Å². The van der Waals surface area contributed by atoms with Crippen LogP contribution in [0, 0.1) is 11.3 Å². The van der Waals surface area contributed by atoms with Gasteiger partial charge in [-0.25, -0.2) is 0 Å². The topological polar surface area (TPSA) is 87.1 Å². The number of halogens is 1. The molecule has 0 amide bonds. The minimum absolute atomic E-state index is 0.242. The number of nitriles is 1. The van der Waals surface area contributed by atoms with Crippen molar-refractivity contribution in [1.82, 2.24) is 0 Å². The molecule has 5 heteroatoms. The fourth-order valence-corrected chi connectivity index (χ4v) is 1.56. The molecule has 1 rings (SSSR count). The minimum atomic E-state index is -1.01. The second kappa shape index (κ2) is 4.11. The summed E-state index contributed by atoms with van der Waals surface area (Å²) in [6.45, 7) is 0. The standard InChI is InChI=1S/C9H7BrN2O2/c10-7-1-2-8(12)5(3-9(13)14)6(7)4-11/h1-2H,3,12H2,(H,13,14). The molecule has 0 heterocycles. The Balaban J connectivity index is 3.31. The molecule has 3 N–H and O–H groups in total. The van der Waals surface area contributed by atoms with E-state index >= 15 is 0 Å². The molecule has 0 aliphatic heterocycles. The van der Waals surface area contributed by atoms with Gasteiger partial charge in [-0.3, -0.25) is 4.79 Å². The van der Waals surface area contributed by atoms with Crippen LogP contribution in [0.5, 0.6) is 0 Å². The van der Waals surface area contributed by atoms with Crippen LogP contribution in [0.25, 0.3) is 0 Å². The van der Waals surface area contributed by atoms with Crippen LogP contribution < -0.4 is 5.73 Å². The van der Waals surface area contributed by atoms with Crippen LogP contribution in [-0.2, 0) is 11.2 Å². The smallest absolute Gasteiger partial charge is 0.307 e. The molecule has 0 saturated carbocycles. The van der Waals surface area contributed by atoms with E-state index in [0.717, 1.165) is 0 Å². The third-order valence-corrected chi connectivity index (χ3v) is 2.40. The molecule has 1 aromatic carbocycles.